The van der Waals surface area contributed by atoms with Gasteiger partial charge in [0.2, 0.25) is 0 Å². The van der Waals surface area contributed by atoms with Crippen molar-refractivity contribution >= 4 is 0 Å². The molecule has 2 heterocycles. The Bertz CT molecular complexity index is 330. The van der Waals surface area contributed by atoms with Gasteiger partial charge in [0, 0.05) is 6.42 Å². The number of hydrogen-bond acceptors (Lipinski definition) is 4. The van der Waals surface area contributed by atoms with E-state index in [0.29, 0.717) is 12.0 Å². The lowest BCUT2D eigenvalue weighted by atomic mass is 10.1. The van der Waals surface area contributed by atoms with Gasteiger partial charge in [-0.05, 0) is 51.1 Å². The first-order chi connectivity index (χ1) is 8.90. The highest BCUT2D eigenvalue weighted by Gasteiger charge is 2.18. The van der Waals surface area contributed by atoms with Gasteiger partial charge in [-0.2, -0.15) is 0 Å². The molecular formula is C14H21N3O. The molecule has 4 heteroatoms. The van der Waals surface area contributed by atoms with Crippen molar-refractivity contribution < 1.29 is 4.74 Å². The zero-order chi connectivity index (χ0) is 12.2. The third-order valence-electron chi connectivity index (χ3n) is 3.92. The van der Waals surface area contributed by atoms with Crippen LogP contribution in [0.2, 0.25) is 0 Å². The van der Waals surface area contributed by atoms with E-state index in [1.54, 1.807) is 0 Å². The number of ether oxygens (including phenoxy) is 1. The smallest absolute Gasteiger partial charge is 0.156 e. The van der Waals surface area contributed by atoms with Gasteiger partial charge in [0.15, 0.2) is 5.75 Å². The lowest BCUT2D eigenvalue weighted by Gasteiger charge is -2.12. The Kier molecular flexibility index (Phi) is 3.74. The zero-order valence-corrected chi connectivity index (χ0v) is 10.8. The Morgan fingerprint density at radius 2 is 1.94 bits per heavy atom. The molecule has 0 amide bonds. The SMILES string of the molecule is c1nc(CC2CCNC2)ncc1OC1CCCC1. The minimum absolute atomic E-state index is 0.387. The maximum absolute atomic E-state index is 5.86. The molecule has 0 radical (unpaired) electrons. The molecule has 1 atom stereocenters. The van der Waals surface area contributed by atoms with E-state index >= 15 is 0 Å². The second kappa shape index (κ2) is 5.65. The molecule has 4 nitrogen and oxygen atoms in total. The van der Waals surface area contributed by atoms with Crippen LogP contribution in [0.3, 0.4) is 0 Å². The molecule has 1 aliphatic heterocycles. The van der Waals surface area contributed by atoms with Crippen molar-refractivity contribution in [2.45, 2.75) is 44.6 Å². The summed E-state index contributed by atoms with van der Waals surface area (Å²) in [5.41, 5.74) is 0. The van der Waals surface area contributed by atoms with Crippen LogP contribution in [-0.4, -0.2) is 29.2 Å². The molecule has 1 N–H and O–H groups in total. The molecule has 18 heavy (non-hydrogen) atoms. The van der Waals surface area contributed by atoms with Gasteiger partial charge in [0.05, 0.1) is 18.5 Å². The van der Waals surface area contributed by atoms with E-state index in [2.05, 4.69) is 15.3 Å². The van der Waals surface area contributed by atoms with E-state index in [-0.39, 0.29) is 0 Å². The first kappa shape index (κ1) is 11.9. The van der Waals surface area contributed by atoms with E-state index in [0.717, 1.165) is 31.1 Å². The Morgan fingerprint density at radius 3 is 2.61 bits per heavy atom. The quantitative estimate of drug-likeness (QED) is 0.883. The summed E-state index contributed by atoms with van der Waals surface area (Å²) in [5.74, 6) is 2.48. The first-order valence-electron chi connectivity index (χ1n) is 7.08. The van der Waals surface area contributed by atoms with Gasteiger partial charge < -0.3 is 10.1 Å². The summed E-state index contributed by atoms with van der Waals surface area (Å²) >= 11 is 0. The van der Waals surface area contributed by atoms with Crippen LogP contribution >= 0.6 is 0 Å². The molecule has 3 rings (SSSR count). The van der Waals surface area contributed by atoms with Crippen molar-refractivity contribution in [3.63, 3.8) is 0 Å². The number of nitrogens with one attached hydrogen (secondary N) is 1. The summed E-state index contributed by atoms with van der Waals surface area (Å²) in [6.07, 6.45) is 11.2. The molecule has 0 bridgehead atoms. The topological polar surface area (TPSA) is 47.0 Å². The number of hydrogen-bond donors (Lipinski definition) is 1. The van der Waals surface area contributed by atoms with Gasteiger partial charge in [-0.15, -0.1) is 0 Å². The largest absolute Gasteiger partial charge is 0.487 e. The Balaban J connectivity index is 1.54. The van der Waals surface area contributed by atoms with Crippen LogP contribution in [0.4, 0.5) is 0 Å². The van der Waals surface area contributed by atoms with E-state index in [1.807, 2.05) is 12.4 Å². The maximum atomic E-state index is 5.86. The molecular weight excluding hydrogens is 226 g/mol. The van der Waals surface area contributed by atoms with Crippen molar-refractivity contribution in [3.8, 4) is 5.75 Å². The summed E-state index contributed by atoms with van der Waals surface area (Å²) in [4.78, 5) is 8.84. The highest BCUT2D eigenvalue weighted by molar-refractivity contribution is 5.13. The number of nitrogens with zero attached hydrogens (tertiary/aromatic N) is 2. The standard InChI is InChI=1S/C14H21N3O/c1-2-4-12(3-1)18-13-9-16-14(17-10-13)7-11-5-6-15-8-11/h9-12,15H,1-8H2. The molecule has 0 aromatic carbocycles. The second-order valence-electron chi connectivity index (χ2n) is 5.42. The number of rotatable bonds is 4. The van der Waals surface area contributed by atoms with Crippen LogP contribution in [0.5, 0.6) is 5.75 Å². The van der Waals surface area contributed by atoms with Crippen molar-refractivity contribution in [2.75, 3.05) is 13.1 Å². The lowest BCUT2D eigenvalue weighted by molar-refractivity contribution is 0.208. The summed E-state index contributed by atoms with van der Waals surface area (Å²) < 4.78 is 5.86. The third-order valence-corrected chi connectivity index (χ3v) is 3.92. The van der Waals surface area contributed by atoms with Crippen molar-refractivity contribution in [1.29, 1.82) is 0 Å². The summed E-state index contributed by atoms with van der Waals surface area (Å²) in [6.45, 7) is 2.23. The Morgan fingerprint density at radius 1 is 1.17 bits per heavy atom. The molecule has 1 saturated carbocycles. The first-order valence-corrected chi connectivity index (χ1v) is 7.08. The van der Waals surface area contributed by atoms with Crippen LogP contribution in [0.15, 0.2) is 12.4 Å². The van der Waals surface area contributed by atoms with Crippen molar-refractivity contribution in [1.82, 2.24) is 15.3 Å². The summed E-state index contributed by atoms with van der Waals surface area (Å²) in [5, 5.41) is 3.37. The Hall–Kier alpha value is -1.16. The number of aromatic nitrogens is 2. The van der Waals surface area contributed by atoms with E-state index < -0.39 is 0 Å². The lowest BCUT2D eigenvalue weighted by Crippen LogP contribution is -2.13. The maximum Gasteiger partial charge on any atom is 0.156 e. The normalized spacial score (nSPS) is 24.6. The molecule has 1 unspecified atom stereocenters. The van der Waals surface area contributed by atoms with Crippen LogP contribution < -0.4 is 10.1 Å². The molecule has 2 aliphatic rings. The van der Waals surface area contributed by atoms with Crippen LogP contribution in [0.1, 0.15) is 37.9 Å². The Labute approximate surface area is 108 Å². The molecule has 0 spiro atoms. The predicted molar refractivity (Wildman–Crippen MR) is 69.6 cm³/mol. The molecule has 1 aromatic heterocycles. The zero-order valence-electron chi connectivity index (χ0n) is 10.8. The fraction of sp³-hybridized carbons (Fsp3) is 0.714. The average molecular weight is 247 g/mol. The molecule has 1 saturated heterocycles. The van der Waals surface area contributed by atoms with Crippen molar-refractivity contribution in [2.24, 2.45) is 5.92 Å². The molecule has 2 fully saturated rings. The second-order valence-corrected chi connectivity index (χ2v) is 5.42. The van der Waals surface area contributed by atoms with Crippen LogP contribution in [0, 0.1) is 5.92 Å². The van der Waals surface area contributed by atoms with Gasteiger partial charge in [-0.3, -0.25) is 0 Å². The summed E-state index contributed by atoms with van der Waals surface area (Å²) in [6, 6.07) is 0. The molecule has 98 valence electrons. The van der Waals surface area contributed by atoms with Gasteiger partial charge in [0.25, 0.3) is 0 Å². The van der Waals surface area contributed by atoms with E-state index in [4.69, 9.17) is 4.74 Å². The summed E-state index contributed by atoms with van der Waals surface area (Å²) in [7, 11) is 0. The molecule has 1 aliphatic carbocycles. The van der Waals surface area contributed by atoms with E-state index in [1.165, 1.54) is 32.1 Å². The fourth-order valence-electron chi connectivity index (χ4n) is 2.85. The average Bonchev–Trinajstić information content (AvgIpc) is 3.05. The highest BCUT2D eigenvalue weighted by Crippen LogP contribution is 2.23. The van der Waals surface area contributed by atoms with Crippen molar-refractivity contribution in [3.05, 3.63) is 18.2 Å². The van der Waals surface area contributed by atoms with Crippen LogP contribution in [0.25, 0.3) is 0 Å². The van der Waals surface area contributed by atoms with Gasteiger partial charge in [-0.25, -0.2) is 9.97 Å². The van der Waals surface area contributed by atoms with Gasteiger partial charge in [0.1, 0.15) is 5.82 Å². The predicted octanol–water partition coefficient (Wildman–Crippen LogP) is 1.95. The highest BCUT2D eigenvalue weighted by atomic mass is 16.5. The third kappa shape index (κ3) is 2.99. The minimum Gasteiger partial charge on any atom is -0.487 e. The van der Waals surface area contributed by atoms with Crippen LogP contribution in [-0.2, 0) is 6.42 Å². The fourth-order valence-corrected chi connectivity index (χ4v) is 2.85. The van der Waals surface area contributed by atoms with Gasteiger partial charge >= 0.3 is 0 Å². The van der Waals surface area contributed by atoms with E-state index in [9.17, 15) is 0 Å². The van der Waals surface area contributed by atoms with Gasteiger partial charge in [-0.1, -0.05) is 0 Å². The monoisotopic (exact) mass is 247 g/mol. The minimum atomic E-state index is 0.387. The molecule has 1 aromatic rings.